The molecule has 30 heavy (non-hydrogen) atoms. The fourth-order valence-electron chi connectivity index (χ4n) is 4.70. The fraction of sp³-hybridized carbons (Fsp3) is 0.565. The van der Waals surface area contributed by atoms with Crippen LogP contribution in [0.4, 0.5) is 0 Å². The number of benzene rings is 1. The Balaban J connectivity index is 1.48. The molecule has 2 aromatic rings. The molecule has 0 bridgehead atoms. The summed E-state index contributed by atoms with van der Waals surface area (Å²) in [7, 11) is 3.80. The molecule has 1 unspecified atom stereocenters. The Morgan fingerprint density at radius 3 is 2.77 bits per heavy atom. The monoisotopic (exact) mass is 411 g/mol. The van der Waals surface area contributed by atoms with Crippen molar-refractivity contribution in [2.45, 2.75) is 31.3 Å². The molecule has 1 atom stereocenters. The third-order valence-corrected chi connectivity index (χ3v) is 6.43. The second kappa shape index (κ2) is 9.18. The number of aromatic nitrogens is 2. The average molecular weight is 412 g/mol. The van der Waals surface area contributed by atoms with Gasteiger partial charge < -0.3 is 19.7 Å². The van der Waals surface area contributed by atoms with Crippen LogP contribution in [0.5, 0.6) is 0 Å². The summed E-state index contributed by atoms with van der Waals surface area (Å²) < 4.78 is 13.5. The number of guanidine groups is 1. The van der Waals surface area contributed by atoms with Gasteiger partial charge in [0.1, 0.15) is 6.10 Å². The summed E-state index contributed by atoms with van der Waals surface area (Å²) in [5.41, 5.74) is 3.94. The predicted molar refractivity (Wildman–Crippen MR) is 118 cm³/mol. The summed E-state index contributed by atoms with van der Waals surface area (Å²) in [6, 6.07) is 8.75. The summed E-state index contributed by atoms with van der Waals surface area (Å²) >= 11 is 0. The summed E-state index contributed by atoms with van der Waals surface area (Å²) in [5, 5.41) is 7.99. The predicted octanol–water partition coefficient (Wildman–Crippen LogP) is 2.43. The van der Waals surface area contributed by atoms with E-state index < -0.39 is 0 Å². The van der Waals surface area contributed by atoms with E-state index in [0.717, 1.165) is 57.2 Å². The Morgan fingerprint density at radius 1 is 1.27 bits per heavy atom. The van der Waals surface area contributed by atoms with Gasteiger partial charge in [0, 0.05) is 57.6 Å². The van der Waals surface area contributed by atoms with E-state index in [4.69, 9.17) is 9.47 Å². The maximum absolute atomic E-state index is 6.01. The van der Waals surface area contributed by atoms with Gasteiger partial charge in [-0.3, -0.25) is 9.67 Å². The highest BCUT2D eigenvalue weighted by Crippen LogP contribution is 2.36. The van der Waals surface area contributed by atoms with Crippen molar-refractivity contribution < 1.29 is 9.47 Å². The lowest BCUT2D eigenvalue weighted by Crippen LogP contribution is -2.52. The Labute approximate surface area is 179 Å². The third-order valence-electron chi connectivity index (χ3n) is 6.43. The van der Waals surface area contributed by atoms with E-state index in [-0.39, 0.29) is 11.5 Å². The van der Waals surface area contributed by atoms with Crippen LogP contribution in [0.15, 0.2) is 41.7 Å². The molecule has 1 aromatic carbocycles. The van der Waals surface area contributed by atoms with Gasteiger partial charge >= 0.3 is 0 Å². The van der Waals surface area contributed by atoms with Crippen LogP contribution in [0, 0.1) is 6.92 Å². The van der Waals surface area contributed by atoms with Crippen LogP contribution in [-0.2, 0) is 21.9 Å². The van der Waals surface area contributed by atoms with Crippen LogP contribution in [0.1, 0.15) is 35.6 Å². The Hall–Kier alpha value is -2.38. The van der Waals surface area contributed by atoms with E-state index in [2.05, 4.69) is 51.5 Å². The molecule has 0 aliphatic carbocycles. The second-order valence-electron chi connectivity index (χ2n) is 8.36. The quantitative estimate of drug-likeness (QED) is 0.618. The van der Waals surface area contributed by atoms with Gasteiger partial charge in [0.05, 0.1) is 19.3 Å². The van der Waals surface area contributed by atoms with Gasteiger partial charge in [0.15, 0.2) is 5.96 Å². The first-order valence-electron chi connectivity index (χ1n) is 10.8. The van der Waals surface area contributed by atoms with Gasteiger partial charge in [-0.2, -0.15) is 5.10 Å². The van der Waals surface area contributed by atoms with Crippen molar-refractivity contribution in [2.24, 2.45) is 12.0 Å². The lowest BCUT2D eigenvalue weighted by atomic mass is 9.72. The molecule has 1 aromatic heterocycles. The highest BCUT2D eigenvalue weighted by atomic mass is 16.5. The Bertz CT molecular complexity index is 872. The average Bonchev–Trinajstić information content (AvgIpc) is 3.22. The van der Waals surface area contributed by atoms with Gasteiger partial charge in [0.2, 0.25) is 0 Å². The number of ether oxygens (including phenoxy) is 2. The number of morpholine rings is 1. The fourth-order valence-corrected chi connectivity index (χ4v) is 4.70. The van der Waals surface area contributed by atoms with Crippen molar-refractivity contribution in [3.8, 4) is 0 Å². The lowest BCUT2D eigenvalue weighted by Gasteiger charge is -2.41. The van der Waals surface area contributed by atoms with Gasteiger partial charge in [0.25, 0.3) is 0 Å². The summed E-state index contributed by atoms with van der Waals surface area (Å²) in [6.45, 7) is 6.94. The lowest BCUT2D eigenvalue weighted by molar-refractivity contribution is -0.00835. The number of aryl methyl sites for hydroxylation is 2. The zero-order chi connectivity index (χ0) is 21.0. The molecule has 1 N–H and O–H groups in total. The number of nitrogens with zero attached hydrogens (tertiary/aromatic N) is 4. The molecular weight excluding hydrogens is 378 g/mol. The normalized spacial score (nSPS) is 22.2. The van der Waals surface area contributed by atoms with Gasteiger partial charge in [-0.25, -0.2) is 0 Å². The Kier molecular flexibility index (Phi) is 6.39. The van der Waals surface area contributed by atoms with E-state index in [9.17, 15) is 0 Å². The first-order valence-corrected chi connectivity index (χ1v) is 10.8. The highest BCUT2D eigenvalue weighted by Gasteiger charge is 2.36. The number of hydrogen-bond acceptors (Lipinski definition) is 4. The zero-order valence-corrected chi connectivity index (χ0v) is 18.3. The van der Waals surface area contributed by atoms with Crippen molar-refractivity contribution in [2.75, 3.05) is 46.5 Å². The molecule has 2 aliphatic heterocycles. The Morgan fingerprint density at radius 2 is 2.07 bits per heavy atom. The minimum Gasteiger partial charge on any atom is -0.381 e. The maximum Gasteiger partial charge on any atom is 0.193 e. The number of aliphatic imine (C=N–C) groups is 1. The molecular formula is C23H33N5O2. The first-order chi connectivity index (χ1) is 14.6. The molecule has 7 heteroatoms. The minimum absolute atomic E-state index is 0.0133. The smallest absolute Gasteiger partial charge is 0.193 e. The molecule has 2 fully saturated rings. The summed E-state index contributed by atoms with van der Waals surface area (Å²) in [4.78, 5) is 6.90. The van der Waals surface area contributed by atoms with Crippen LogP contribution < -0.4 is 5.32 Å². The molecule has 3 heterocycles. The van der Waals surface area contributed by atoms with E-state index >= 15 is 0 Å². The second-order valence-corrected chi connectivity index (χ2v) is 8.36. The molecule has 2 saturated heterocycles. The zero-order valence-electron chi connectivity index (χ0n) is 18.3. The van der Waals surface area contributed by atoms with Crippen LogP contribution in [-0.4, -0.2) is 67.1 Å². The van der Waals surface area contributed by atoms with E-state index in [1.807, 2.05) is 31.2 Å². The molecule has 2 aliphatic rings. The molecule has 0 amide bonds. The molecule has 4 rings (SSSR count). The van der Waals surface area contributed by atoms with Crippen molar-refractivity contribution in [3.05, 3.63) is 53.3 Å². The summed E-state index contributed by atoms with van der Waals surface area (Å²) in [5.74, 6) is 0.937. The van der Waals surface area contributed by atoms with Crippen LogP contribution in [0.2, 0.25) is 0 Å². The van der Waals surface area contributed by atoms with Gasteiger partial charge in [-0.05, 0) is 30.9 Å². The number of rotatable bonds is 4. The number of nitrogens with one attached hydrogen (secondary N) is 1. The van der Waals surface area contributed by atoms with Crippen LogP contribution in [0.25, 0.3) is 0 Å². The van der Waals surface area contributed by atoms with E-state index in [0.29, 0.717) is 6.61 Å². The van der Waals surface area contributed by atoms with E-state index in [1.54, 1.807) is 0 Å². The SMILES string of the molecule is CN=C(NCC1(c2ccccc2C)CCOCC1)N1CCOC(c2cnn(C)c2)C1. The van der Waals surface area contributed by atoms with Gasteiger partial charge in [-0.1, -0.05) is 24.3 Å². The van der Waals surface area contributed by atoms with Crippen molar-refractivity contribution in [1.82, 2.24) is 20.0 Å². The molecule has 162 valence electrons. The van der Waals surface area contributed by atoms with Crippen LogP contribution >= 0.6 is 0 Å². The largest absolute Gasteiger partial charge is 0.381 e. The first kappa shape index (κ1) is 20.9. The standard InChI is InChI=1S/C23H33N5O2/c1-18-6-4-5-7-20(18)23(8-11-29-12-9-23)17-25-22(24-2)28-10-13-30-21(16-28)19-14-26-27(3)15-19/h4-7,14-15,21H,8-13,16-17H2,1-3H3,(H,24,25). The number of hydrogen-bond donors (Lipinski definition) is 1. The van der Waals surface area contributed by atoms with Crippen molar-refractivity contribution in [3.63, 3.8) is 0 Å². The molecule has 7 nitrogen and oxygen atoms in total. The topological polar surface area (TPSA) is 63.9 Å². The third kappa shape index (κ3) is 4.37. The maximum atomic E-state index is 6.01. The van der Waals surface area contributed by atoms with Crippen molar-refractivity contribution in [1.29, 1.82) is 0 Å². The van der Waals surface area contributed by atoms with Gasteiger partial charge in [-0.15, -0.1) is 0 Å². The van der Waals surface area contributed by atoms with Crippen molar-refractivity contribution >= 4 is 5.96 Å². The highest BCUT2D eigenvalue weighted by molar-refractivity contribution is 5.80. The minimum atomic E-state index is 0.0133. The molecule has 0 saturated carbocycles. The molecule has 0 radical (unpaired) electrons. The molecule has 0 spiro atoms. The van der Waals surface area contributed by atoms with Crippen LogP contribution in [0.3, 0.4) is 0 Å². The summed E-state index contributed by atoms with van der Waals surface area (Å²) in [6.07, 6.45) is 5.96. The van der Waals surface area contributed by atoms with E-state index in [1.165, 1.54) is 11.1 Å².